The van der Waals surface area contributed by atoms with Crippen LogP contribution in [0.3, 0.4) is 0 Å². The summed E-state index contributed by atoms with van der Waals surface area (Å²) in [5.41, 5.74) is 13.7. The number of fused-ring (bicyclic) bond motifs is 1. The zero-order valence-corrected chi connectivity index (χ0v) is 21.9. The van der Waals surface area contributed by atoms with E-state index in [2.05, 4.69) is 6.07 Å². The van der Waals surface area contributed by atoms with E-state index in [1.165, 1.54) is 5.56 Å². The predicted molar refractivity (Wildman–Crippen MR) is 153 cm³/mol. The number of allylic oxidation sites excluding steroid dienone is 1. The third kappa shape index (κ3) is 5.54. The molecule has 3 aromatic rings. The van der Waals surface area contributed by atoms with Crippen molar-refractivity contribution in [2.24, 2.45) is 0 Å². The Hall–Kier alpha value is -3.05. The fourth-order valence-electron chi connectivity index (χ4n) is 5.68. The van der Waals surface area contributed by atoms with Crippen LogP contribution in [0, 0.1) is 12.7 Å². The lowest BCUT2D eigenvalue weighted by molar-refractivity contribution is 0.180. The maximum atomic E-state index is 15.2. The van der Waals surface area contributed by atoms with E-state index in [1.807, 2.05) is 60.4 Å². The molecule has 0 aromatic heterocycles. The largest absolute Gasteiger partial charge is 0.489 e. The lowest BCUT2D eigenvalue weighted by Gasteiger charge is -2.36. The minimum Gasteiger partial charge on any atom is -0.489 e. The van der Waals surface area contributed by atoms with Gasteiger partial charge in [-0.1, -0.05) is 35.7 Å². The Morgan fingerprint density at radius 3 is 2.53 bits per heavy atom. The molecular formula is C31H32B2F2N2O. The summed E-state index contributed by atoms with van der Waals surface area (Å²) in [5, 5.41) is -1.17. The molecule has 0 amide bonds. The summed E-state index contributed by atoms with van der Waals surface area (Å²) < 4.78 is 34.3. The second-order valence-corrected chi connectivity index (χ2v) is 10.5. The molecule has 5 rings (SSSR count). The molecule has 3 aromatic carbocycles. The quantitative estimate of drug-likeness (QED) is 0.323. The summed E-state index contributed by atoms with van der Waals surface area (Å²) in [6, 6.07) is 19.4. The van der Waals surface area contributed by atoms with E-state index in [1.54, 1.807) is 6.07 Å². The summed E-state index contributed by atoms with van der Waals surface area (Å²) in [5.74, 6) is 0.534. The van der Waals surface area contributed by atoms with E-state index in [0.29, 0.717) is 18.7 Å². The van der Waals surface area contributed by atoms with Crippen molar-refractivity contribution in [3.05, 3.63) is 94.3 Å². The SMILES string of the molecule is [B]C([B])(CCF)N1CC[C@H](Oc2ccc(C3=C(c4ccc(C)cc4F)CCCc4cc(N)ccc43)cc2)C1. The van der Waals surface area contributed by atoms with E-state index < -0.39 is 12.0 Å². The fourth-order valence-corrected chi connectivity index (χ4v) is 5.68. The van der Waals surface area contributed by atoms with Gasteiger partial charge in [0.2, 0.25) is 0 Å². The number of hydrogen-bond donors (Lipinski definition) is 1. The molecule has 3 nitrogen and oxygen atoms in total. The van der Waals surface area contributed by atoms with Crippen LogP contribution in [0.2, 0.25) is 0 Å². The topological polar surface area (TPSA) is 38.5 Å². The van der Waals surface area contributed by atoms with Crippen molar-refractivity contribution in [1.82, 2.24) is 4.90 Å². The first-order valence-electron chi connectivity index (χ1n) is 13.3. The standard InChI is InChI=1S/C31H32B2F2N2O/c1-20-5-11-27(29(35)17-20)28-4-2-3-22-18-23(36)8-12-26(22)30(28)21-6-9-24(10-7-21)38-25-13-16-37(19-25)31(32,33)14-15-34/h5-12,17-18,25H,2-4,13-16,19,36H2,1H3/t25-/m0/s1. The molecule has 1 heterocycles. The number of rotatable bonds is 7. The highest BCUT2D eigenvalue weighted by Gasteiger charge is 2.33. The van der Waals surface area contributed by atoms with Gasteiger partial charge in [-0.2, -0.15) is 0 Å². The Balaban J connectivity index is 1.47. The van der Waals surface area contributed by atoms with Crippen molar-refractivity contribution in [3.8, 4) is 5.75 Å². The molecule has 4 radical (unpaired) electrons. The van der Waals surface area contributed by atoms with Crippen LogP contribution in [0.1, 0.15) is 53.5 Å². The number of hydrogen-bond acceptors (Lipinski definition) is 3. The first kappa shape index (κ1) is 26.6. The molecule has 7 heteroatoms. The van der Waals surface area contributed by atoms with E-state index in [4.69, 9.17) is 26.2 Å². The first-order valence-corrected chi connectivity index (χ1v) is 13.3. The van der Waals surface area contributed by atoms with Crippen LogP contribution < -0.4 is 10.5 Å². The molecule has 192 valence electrons. The van der Waals surface area contributed by atoms with Crippen LogP contribution >= 0.6 is 0 Å². The van der Waals surface area contributed by atoms with Crippen LogP contribution in [0.15, 0.2) is 60.7 Å². The Bertz CT molecular complexity index is 1340. The highest BCUT2D eigenvalue weighted by molar-refractivity contribution is 6.39. The van der Waals surface area contributed by atoms with Crippen molar-refractivity contribution in [1.29, 1.82) is 0 Å². The summed E-state index contributed by atoms with van der Waals surface area (Å²) >= 11 is 0. The number of halogens is 2. The fraction of sp³-hybridized carbons (Fsp3) is 0.355. The third-order valence-corrected chi connectivity index (χ3v) is 7.70. The molecule has 0 spiro atoms. The summed E-state index contributed by atoms with van der Waals surface area (Å²) in [4.78, 5) is 1.88. The van der Waals surface area contributed by atoms with Crippen molar-refractivity contribution in [2.45, 2.75) is 50.5 Å². The van der Waals surface area contributed by atoms with Crippen LogP contribution in [-0.4, -0.2) is 51.8 Å². The van der Waals surface area contributed by atoms with Crippen LogP contribution in [0.25, 0.3) is 11.1 Å². The molecule has 38 heavy (non-hydrogen) atoms. The number of likely N-dealkylation sites (tertiary alicyclic amines) is 1. The number of nitrogens with two attached hydrogens (primary N) is 1. The summed E-state index contributed by atoms with van der Waals surface area (Å²) in [6.07, 6.45) is 3.33. The van der Waals surface area contributed by atoms with Gasteiger partial charge in [-0.3, -0.25) is 4.39 Å². The van der Waals surface area contributed by atoms with E-state index in [0.717, 1.165) is 65.0 Å². The Morgan fingerprint density at radius 1 is 1.03 bits per heavy atom. The van der Waals surface area contributed by atoms with Gasteiger partial charge in [-0.25, -0.2) is 4.39 Å². The molecule has 2 N–H and O–H groups in total. The Morgan fingerprint density at radius 2 is 1.79 bits per heavy atom. The highest BCUT2D eigenvalue weighted by atomic mass is 19.1. The molecule has 2 aliphatic rings. The number of anilines is 1. The number of aryl methyl sites for hydroxylation is 2. The maximum Gasteiger partial charge on any atom is 0.130 e. The lowest BCUT2D eigenvalue weighted by Crippen LogP contribution is -2.49. The van der Waals surface area contributed by atoms with Crippen molar-refractivity contribution in [3.63, 3.8) is 0 Å². The predicted octanol–water partition coefficient (Wildman–Crippen LogP) is 5.82. The number of ether oxygens (including phenoxy) is 1. The summed E-state index contributed by atoms with van der Waals surface area (Å²) in [6.45, 7) is 2.55. The number of benzene rings is 3. The minimum atomic E-state index is -1.17. The molecule has 0 unspecified atom stereocenters. The number of nitrogens with zero attached hydrogens (tertiary/aromatic N) is 1. The molecular weight excluding hydrogens is 476 g/mol. The van der Waals surface area contributed by atoms with Crippen LogP contribution in [0.4, 0.5) is 14.5 Å². The zero-order valence-electron chi connectivity index (χ0n) is 21.9. The molecule has 0 saturated carbocycles. The second-order valence-electron chi connectivity index (χ2n) is 10.5. The number of nitrogen functional groups attached to an aromatic ring is 1. The Labute approximate surface area is 226 Å². The normalized spacial score (nSPS) is 18.3. The highest BCUT2D eigenvalue weighted by Crippen LogP contribution is 2.41. The van der Waals surface area contributed by atoms with Gasteiger partial charge in [-0.05, 0) is 103 Å². The maximum absolute atomic E-state index is 15.2. The van der Waals surface area contributed by atoms with Gasteiger partial charge < -0.3 is 15.4 Å². The summed E-state index contributed by atoms with van der Waals surface area (Å²) in [7, 11) is 12.2. The molecule has 1 saturated heterocycles. The minimum absolute atomic E-state index is 0.0788. The zero-order chi connectivity index (χ0) is 26.9. The van der Waals surface area contributed by atoms with Crippen molar-refractivity contribution >= 4 is 32.5 Å². The van der Waals surface area contributed by atoms with Gasteiger partial charge in [0.25, 0.3) is 0 Å². The van der Waals surface area contributed by atoms with E-state index in [9.17, 15) is 4.39 Å². The molecule has 1 atom stereocenters. The van der Waals surface area contributed by atoms with Gasteiger partial charge in [0.15, 0.2) is 0 Å². The monoisotopic (exact) mass is 508 g/mol. The van der Waals surface area contributed by atoms with Crippen molar-refractivity contribution in [2.75, 3.05) is 25.5 Å². The average Bonchev–Trinajstić information content (AvgIpc) is 3.27. The van der Waals surface area contributed by atoms with Gasteiger partial charge in [0, 0.05) is 24.3 Å². The molecule has 1 fully saturated rings. The molecule has 0 bridgehead atoms. The van der Waals surface area contributed by atoms with E-state index in [-0.39, 0.29) is 18.3 Å². The average molecular weight is 508 g/mol. The molecule has 1 aliphatic carbocycles. The van der Waals surface area contributed by atoms with E-state index >= 15 is 4.39 Å². The van der Waals surface area contributed by atoms with Crippen molar-refractivity contribution < 1.29 is 13.5 Å². The van der Waals surface area contributed by atoms with Crippen LogP contribution in [-0.2, 0) is 6.42 Å². The smallest absolute Gasteiger partial charge is 0.130 e. The van der Waals surface area contributed by atoms with Gasteiger partial charge in [-0.15, -0.1) is 0 Å². The van der Waals surface area contributed by atoms with Gasteiger partial charge in [0.05, 0.1) is 22.4 Å². The third-order valence-electron chi connectivity index (χ3n) is 7.70. The number of alkyl halides is 1. The Kier molecular flexibility index (Phi) is 7.67. The second kappa shape index (κ2) is 11.0. The first-order chi connectivity index (χ1) is 18.2. The molecule has 1 aliphatic heterocycles. The van der Waals surface area contributed by atoms with Gasteiger partial charge in [0.1, 0.15) is 17.7 Å². The van der Waals surface area contributed by atoms with Gasteiger partial charge >= 0.3 is 0 Å². The lowest BCUT2D eigenvalue weighted by atomic mass is 9.59. The van der Waals surface area contributed by atoms with Crippen LogP contribution in [0.5, 0.6) is 5.75 Å².